The van der Waals surface area contributed by atoms with Gasteiger partial charge in [-0.3, -0.25) is 9.59 Å². The number of hydrogen-bond acceptors (Lipinski definition) is 4. The van der Waals surface area contributed by atoms with E-state index in [0.717, 1.165) is 0 Å². The van der Waals surface area contributed by atoms with E-state index >= 15 is 0 Å². The molecule has 0 amide bonds. The molecule has 0 spiro atoms. The molecule has 0 fully saturated rings. The molecular formula is C16H13N3O3. The lowest BCUT2D eigenvalue weighted by Gasteiger charge is -2.17. The average molecular weight is 295 g/mol. The van der Waals surface area contributed by atoms with Gasteiger partial charge in [0.25, 0.3) is 0 Å². The second-order valence-electron chi connectivity index (χ2n) is 4.40. The molecule has 1 atom stereocenters. The fourth-order valence-corrected chi connectivity index (χ4v) is 1.91. The molecular weight excluding hydrogens is 282 g/mol. The molecule has 0 radical (unpaired) electrons. The van der Waals surface area contributed by atoms with Gasteiger partial charge in [-0.15, -0.1) is 0 Å². The normalized spacial score (nSPS) is 11.1. The Morgan fingerprint density at radius 1 is 1.05 bits per heavy atom. The summed E-state index contributed by atoms with van der Waals surface area (Å²) in [5.74, 6) is -1.09. The van der Waals surface area contributed by atoms with Crippen molar-refractivity contribution in [3.8, 4) is 0 Å². The summed E-state index contributed by atoms with van der Waals surface area (Å²) in [6, 6.07) is 17.3. The van der Waals surface area contributed by atoms with Gasteiger partial charge in [0.1, 0.15) is 6.54 Å². The fourth-order valence-electron chi connectivity index (χ4n) is 1.91. The van der Waals surface area contributed by atoms with Crippen molar-refractivity contribution in [1.29, 1.82) is 0 Å². The highest BCUT2D eigenvalue weighted by Crippen LogP contribution is 2.22. The number of hydrogen-bond donors (Lipinski definition) is 0. The van der Waals surface area contributed by atoms with Crippen molar-refractivity contribution in [2.75, 3.05) is 6.54 Å². The highest BCUT2D eigenvalue weighted by Gasteiger charge is 2.25. The molecule has 2 aromatic carbocycles. The lowest BCUT2D eigenvalue weighted by Crippen LogP contribution is -2.21. The Kier molecular flexibility index (Phi) is 5.29. The summed E-state index contributed by atoms with van der Waals surface area (Å²) >= 11 is 0. The predicted molar refractivity (Wildman–Crippen MR) is 80.1 cm³/mol. The van der Waals surface area contributed by atoms with Crippen LogP contribution < -0.4 is 0 Å². The predicted octanol–water partition coefficient (Wildman–Crippen LogP) is 3.46. The Balaban J connectivity index is 2.28. The van der Waals surface area contributed by atoms with Gasteiger partial charge in [0, 0.05) is 16.0 Å². The number of nitrogens with zero attached hydrogens (tertiary/aromatic N) is 3. The number of esters is 1. The van der Waals surface area contributed by atoms with Gasteiger partial charge in [0.15, 0.2) is 6.10 Å². The zero-order chi connectivity index (χ0) is 15.8. The second-order valence-corrected chi connectivity index (χ2v) is 4.40. The minimum atomic E-state index is -1.06. The van der Waals surface area contributed by atoms with Crippen LogP contribution in [0.15, 0.2) is 65.8 Å². The van der Waals surface area contributed by atoms with Crippen LogP contribution in [0.25, 0.3) is 10.4 Å². The van der Waals surface area contributed by atoms with Gasteiger partial charge in [-0.25, -0.2) is 0 Å². The molecule has 6 nitrogen and oxygen atoms in total. The van der Waals surface area contributed by atoms with E-state index in [-0.39, 0.29) is 5.78 Å². The third-order valence-electron chi connectivity index (χ3n) is 2.91. The first-order valence-electron chi connectivity index (χ1n) is 6.57. The van der Waals surface area contributed by atoms with Crippen LogP contribution in [-0.4, -0.2) is 18.3 Å². The van der Waals surface area contributed by atoms with E-state index in [9.17, 15) is 9.59 Å². The van der Waals surface area contributed by atoms with Crippen molar-refractivity contribution >= 4 is 11.8 Å². The van der Waals surface area contributed by atoms with Crippen LogP contribution >= 0.6 is 0 Å². The van der Waals surface area contributed by atoms with Crippen molar-refractivity contribution in [3.63, 3.8) is 0 Å². The molecule has 0 saturated heterocycles. The maximum Gasteiger partial charge on any atom is 0.312 e. The van der Waals surface area contributed by atoms with Crippen LogP contribution in [0.5, 0.6) is 0 Å². The number of carbonyl (C=O) groups excluding carboxylic acids is 2. The van der Waals surface area contributed by atoms with Crippen LogP contribution in [0.2, 0.25) is 0 Å². The summed E-state index contributed by atoms with van der Waals surface area (Å²) in [6.07, 6.45) is -1.06. The summed E-state index contributed by atoms with van der Waals surface area (Å²) in [6.45, 7) is -0.456. The molecule has 0 aliphatic heterocycles. The number of ether oxygens (including phenoxy) is 1. The molecule has 0 heterocycles. The summed E-state index contributed by atoms with van der Waals surface area (Å²) in [5, 5.41) is 3.15. The molecule has 0 N–H and O–H groups in total. The number of Topliss-reactive ketones (excluding diaryl/α,β-unsaturated/α-hetero) is 1. The van der Waals surface area contributed by atoms with Crippen molar-refractivity contribution in [2.45, 2.75) is 6.10 Å². The molecule has 0 aliphatic rings. The molecule has 2 aromatic rings. The molecule has 1 unspecified atom stereocenters. The Morgan fingerprint density at radius 2 is 1.64 bits per heavy atom. The zero-order valence-electron chi connectivity index (χ0n) is 11.6. The first kappa shape index (κ1) is 15.3. The van der Waals surface area contributed by atoms with Gasteiger partial charge in [-0.2, -0.15) is 0 Å². The lowest BCUT2D eigenvalue weighted by atomic mass is 10.00. The topological polar surface area (TPSA) is 92.1 Å². The van der Waals surface area contributed by atoms with Gasteiger partial charge in [-0.1, -0.05) is 65.8 Å². The van der Waals surface area contributed by atoms with Crippen LogP contribution in [0, 0.1) is 0 Å². The van der Waals surface area contributed by atoms with Gasteiger partial charge in [-0.05, 0) is 5.53 Å². The SMILES string of the molecule is [N-]=[N+]=NCC(=O)OC(C(=O)c1ccccc1)c1ccccc1. The van der Waals surface area contributed by atoms with E-state index in [2.05, 4.69) is 10.0 Å². The van der Waals surface area contributed by atoms with Crippen molar-refractivity contribution in [3.05, 3.63) is 82.2 Å². The first-order chi connectivity index (χ1) is 10.7. The van der Waals surface area contributed by atoms with Crippen LogP contribution in [0.3, 0.4) is 0 Å². The van der Waals surface area contributed by atoms with Crippen molar-refractivity contribution in [1.82, 2.24) is 0 Å². The molecule has 22 heavy (non-hydrogen) atoms. The maximum absolute atomic E-state index is 12.6. The number of carbonyl (C=O) groups is 2. The minimum absolute atomic E-state index is 0.332. The monoisotopic (exact) mass is 295 g/mol. The fraction of sp³-hybridized carbons (Fsp3) is 0.125. The molecule has 0 bridgehead atoms. The van der Waals surface area contributed by atoms with Gasteiger partial charge in [0.05, 0.1) is 0 Å². The Hall–Kier alpha value is -3.11. The number of benzene rings is 2. The largest absolute Gasteiger partial charge is 0.449 e. The quantitative estimate of drug-likeness (QED) is 0.268. The van der Waals surface area contributed by atoms with Crippen LogP contribution in [-0.2, 0) is 9.53 Å². The van der Waals surface area contributed by atoms with E-state index in [1.165, 1.54) is 0 Å². The molecule has 2 rings (SSSR count). The Morgan fingerprint density at radius 3 is 2.23 bits per heavy atom. The summed E-state index contributed by atoms with van der Waals surface area (Å²) in [4.78, 5) is 26.8. The molecule has 0 aromatic heterocycles. The van der Waals surface area contributed by atoms with E-state index in [0.29, 0.717) is 11.1 Å². The standard InChI is InChI=1S/C16H13N3O3/c17-19-18-11-14(20)22-16(13-9-5-2-6-10-13)15(21)12-7-3-1-4-8-12/h1-10,16H,11H2. The van der Waals surface area contributed by atoms with Gasteiger partial charge >= 0.3 is 5.97 Å². The number of ketones is 1. The van der Waals surface area contributed by atoms with E-state index in [4.69, 9.17) is 10.3 Å². The zero-order valence-corrected chi connectivity index (χ0v) is 11.6. The molecule has 110 valence electrons. The first-order valence-corrected chi connectivity index (χ1v) is 6.57. The van der Waals surface area contributed by atoms with E-state index < -0.39 is 18.6 Å². The van der Waals surface area contributed by atoms with Crippen LogP contribution in [0.1, 0.15) is 22.0 Å². The summed E-state index contributed by atoms with van der Waals surface area (Å²) in [7, 11) is 0. The minimum Gasteiger partial charge on any atom is -0.449 e. The molecule has 6 heteroatoms. The summed E-state index contributed by atoms with van der Waals surface area (Å²) < 4.78 is 5.20. The summed E-state index contributed by atoms with van der Waals surface area (Å²) in [5.41, 5.74) is 9.24. The second kappa shape index (κ2) is 7.61. The maximum atomic E-state index is 12.6. The van der Waals surface area contributed by atoms with Crippen LogP contribution in [0.4, 0.5) is 0 Å². The van der Waals surface area contributed by atoms with Gasteiger partial charge < -0.3 is 4.74 Å². The highest BCUT2D eigenvalue weighted by molar-refractivity contribution is 6.01. The number of azide groups is 1. The van der Waals surface area contributed by atoms with E-state index in [1.54, 1.807) is 60.7 Å². The van der Waals surface area contributed by atoms with Crippen molar-refractivity contribution in [2.24, 2.45) is 5.11 Å². The lowest BCUT2D eigenvalue weighted by molar-refractivity contribution is -0.145. The highest BCUT2D eigenvalue weighted by atomic mass is 16.5. The Labute approximate surface area is 127 Å². The molecule has 0 aliphatic carbocycles. The molecule has 0 saturated carbocycles. The van der Waals surface area contributed by atoms with E-state index in [1.807, 2.05) is 0 Å². The Bertz CT molecular complexity index is 695. The average Bonchev–Trinajstić information content (AvgIpc) is 2.59. The third kappa shape index (κ3) is 3.94. The smallest absolute Gasteiger partial charge is 0.312 e. The van der Waals surface area contributed by atoms with Gasteiger partial charge in [0.2, 0.25) is 5.78 Å². The third-order valence-corrected chi connectivity index (χ3v) is 2.91. The number of rotatable bonds is 6. The van der Waals surface area contributed by atoms with Crippen molar-refractivity contribution < 1.29 is 14.3 Å².